The predicted molar refractivity (Wildman–Crippen MR) is 103 cm³/mol. The zero-order valence-corrected chi connectivity index (χ0v) is 15.6. The molecule has 11 nitrogen and oxygen atoms in total. The largest absolute Gasteiger partial charge is 0.497 e. The van der Waals surface area contributed by atoms with Crippen molar-refractivity contribution in [2.75, 3.05) is 31.4 Å². The lowest BCUT2D eigenvalue weighted by molar-refractivity contribution is -0.384. The molecular formula is C18H18N4O7. The summed E-state index contributed by atoms with van der Waals surface area (Å²) in [6.45, 7) is -0.749. The summed E-state index contributed by atoms with van der Waals surface area (Å²) in [5.74, 6) is -1.23. The maximum atomic E-state index is 12.2. The molecule has 0 aliphatic heterocycles. The van der Waals surface area contributed by atoms with Crippen LogP contribution in [-0.2, 0) is 9.53 Å². The van der Waals surface area contributed by atoms with Gasteiger partial charge in [-0.05, 0) is 30.3 Å². The minimum atomic E-state index is -0.955. The zero-order chi connectivity index (χ0) is 21.4. The first kappa shape index (κ1) is 21.2. The van der Waals surface area contributed by atoms with Crippen LogP contribution in [0, 0.1) is 10.1 Å². The molecule has 0 radical (unpaired) electrons. The Morgan fingerprint density at radius 2 is 1.79 bits per heavy atom. The van der Waals surface area contributed by atoms with Crippen molar-refractivity contribution in [1.29, 1.82) is 0 Å². The van der Waals surface area contributed by atoms with Gasteiger partial charge in [0.2, 0.25) is 0 Å². The number of amides is 3. The molecule has 0 heterocycles. The first-order valence-electron chi connectivity index (χ1n) is 8.22. The molecular weight excluding hydrogens is 384 g/mol. The van der Waals surface area contributed by atoms with Crippen molar-refractivity contribution in [1.82, 2.24) is 5.32 Å². The highest BCUT2D eigenvalue weighted by molar-refractivity contribution is 6.03. The number of nitro benzene ring substituents is 1. The van der Waals surface area contributed by atoms with E-state index in [1.165, 1.54) is 26.3 Å². The molecule has 0 bridgehead atoms. The van der Waals surface area contributed by atoms with Crippen molar-refractivity contribution in [2.45, 2.75) is 0 Å². The number of nitrogens with one attached hydrogen (secondary N) is 3. The molecule has 0 saturated carbocycles. The van der Waals surface area contributed by atoms with Crippen LogP contribution in [0.15, 0.2) is 42.5 Å². The molecule has 0 fully saturated rings. The van der Waals surface area contributed by atoms with Crippen LogP contribution in [0.3, 0.4) is 0 Å². The topological polar surface area (TPSA) is 149 Å². The molecule has 11 heteroatoms. The molecule has 3 N–H and O–H groups in total. The van der Waals surface area contributed by atoms with E-state index in [2.05, 4.69) is 10.6 Å². The van der Waals surface area contributed by atoms with Gasteiger partial charge >= 0.3 is 12.0 Å². The van der Waals surface area contributed by atoms with Crippen LogP contribution in [0.5, 0.6) is 5.75 Å². The van der Waals surface area contributed by atoms with Gasteiger partial charge in [-0.25, -0.2) is 9.59 Å². The van der Waals surface area contributed by atoms with Crippen LogP contribution in [0.4, 0.5) is 21.9 Å². The van der Waals surface area contributed by atoms with Gasteiger partial charge in [0, 0.05) is 30.6 Å². The van der Waals surface area contributed by atoms with Gasteiger partial charge in [0.25, 0.3) is 11.6 Å². The molecule has 0 atom stereocenters. The van der Waals surface area contributed by atoms with Gasteiger partial charge in [-0.15, -0.1) is 0 Å². The van der Waals surface area contributed by atoms with E-state index in [0.717, 1.165) is 6.07 Å². The first-order chi connectivity index (χ1) is 13.8. The van der Waals surface area contributed by atoms with E-state index < -0.39 is 29.4 Å². The SMILES string of the molecule is CNc1ccc([N+](=O)[O-])cc1C(=O)OCC(=O)NC(=O)Nc1ccc(OC)cc1. The average Bonchev–Trinajstić information content (AvgIpc) is 2.71. The summed E-state index contributed by atoms with van der Waals surface area (Å²) in [4.78, 5) is 46.0. The number of imide groups is 1. The lowest BCUT2D eigenvalue weighted by atomic mass is 10.1. The van der Waals surface area contributed by atoms with Gasteiger partial charge < -0.3 is 20.1 Å². The third-order valence-electron chi connectivity index (χ3n) is 3.64. The number of rotatable bonds is 7. The number of hydrogen-bond acceptors (Lipinski definition) is 8. The number of carbonyl (C=O) groups is 3. The summed E-state index contributed by atoms with van der Waals surface area (Å²) >= 11 is 0. The molecule has 0 aliphatic rings. The number of hydrogen-bond donors (Lipinski definition) is 3. The molecule has 152 valence electrons. The normalized spacial score (nSPS) is 9.86. The summed E-state index contributed by atoms with van der Waals surface area (Å²) in [6, 6.07) is 9.17. The van der Waals surface area contributed by atoms with Crippen LogP contribution in [0.2, 0.25) is 0 Å². The molecule has 2 rings (SSSR count). The Morgan fingerprint density at radius 1 is 1.10 bits per heavy atom. The highest BCUT2D eigenvalue weighted by Crippen LogP contribution is 2.22. The van der Waals surface area contributed by atoms with Gasteiger partial charge in [0.15, 0.2) is 6.61 Å². The quantitative estimate of drug-likeness (QED) is 0.362. The van der Waals surface area contributed by atoms with Crippen LogP contribution < -0.4 is 20.7 Å². The Morgan fingerprint density at radius 3 is 2.38 bits per heavy atom. The highest BCUT2D eigenvalue weighted by Gasteiger charge is 2.19. The van der Waals surface area contributed by atoms with E-state index in [1.807, 2.05) is 5.32 Å². The monoisotopic (exact) mass is 402 g/mol. The van der Waals surface area contributed by atoms with Crippen molar-refractivity contribution in [2.24, 2.45) is 0 Å². The highest BCUT2D eigenvalue weighted by atomic mass is 16.6. The Labute approximate surface area is 165 Å². The molecule has 0 aromatic heterocycles. The number of anilines is 2. The van der Waals surface area contributed by atoms with Gasteiger partial charge in [0.1, 0.15) is 5.75 Å². The number of ether oxygens (including phenoxy) is 2. The zero-order valence-electron chi connectivity index (χ0n) is 15.6. The first-order valence-corrected chi connectivity index (χ1v) is 8.22. The van der Waals surface area contributed by atoms with E-state index in [1.54, 1.807) is 24.3 Å². The number of nitrogens with zero attached hydrogens (tertiary/aromatic N) is 1. The molecule has 2 aromatic rings. The van der Waals surface area contributed by atoms with E-state index in [-0.39, 0.29) is 11.3 Å². The van der Waals surface area contributed by atoms with Crippen molar-refractivity contribution in [3.05, 3.63) is 58.1 Å². The van der Waals surface area contributed by atoms with Gasteiger partial charge in [-0.3, -0.25) is 20.2 Å². The molecule has 0 saturated heterocycles. The Hall–Kier alpha value is -4.15. The number of esters is 1. The van der Waals surface area contributed by atoms with Crippen molar-refractivity contribution in [3.63, 3.8) is 0 Å². The van der Waals surface area contributed by atoms with Crippen LogP contribution >= 0.6 is 0 Å². The second-order valence-corrected chi connectivity index (χ2v) is 5.54. The smallest absolute Gasteiger partial charge is 0.341 e. The number of urea groups is 1. The Balaban J connectivity index is 1.91. The average molecular weight is 402 g/mol. The molecule has 3 amide bonds. The Bertz CT molecular complexity index is 928. The summed E-state index contributed by atoms with van der Waals surface area (Å²) in [7, 11) is 3.02. The molecule has 0 spiro atoms. The van der Waals surface area contributed by atoms with E-state index in [9.17, 15) is 24.5 Å². The second-order valence-electron chi connectivity index (χ2n) is 5.54. The fourth-order valence-electron chi connectivity index (χ4n) is 2.24. The summed E-state index contributed by atoms with van der Waals surface area (Å²) in [5.41, 5.74) is 0.290. The standard InChI is InChI=1S/C18H18N4O7/c1-19-15-8-5-12(22(26)27)9-14(15)17(24)29-10-16(23)21-18(25)20-11-3-6-13(28-2)7-4-11/h3-9,19H,10H2,1-2H3,(H2,20,21,23,25). The molecule has 0 aliphatic carbocycles. The van der Waals surface area contributed by atoms with Crippen molar-refractivity contribution in [3.8, 4) is 5.75 Å². The number of non-ortho nitro benzene ring substituents is 1. The third kappa shape index (κ3) is 5.92. The summed E-state index contributed by atoms with van der Waals surface area (Å²) < 4.78 is 9.83. The Kier molecular flexibility index (Phi) is 7.07. The summed E-state index contributed by atoms with van der Waals surface area (Å²) in [5, 5.41) is 18.0. The maximum absolute atomic E-state index is 12.2. The number of methoxy groups -OCH3 is 1. The molecule has 29 heavy (non-hydrogen) atoms. The van der Waals surface area contributed by atoms with Crippen molar-refractivity contribution < 1.29 is 28.8 Å². The van der Waals surface area contributed by atoms with Gasteiger partial charge in [0.05, 0.1) is 17.6 Å². The number of nitro groups is 1. The maximum Gasteiger partial charge on any atom is 0.341 e. The van der Waals surface area contributed by atoms with E-state index in [0.29, 0.717) is 17.1 Å². The van der Waals surface area contributed by atoms with Gasteiger partial charge in [-0.1, -0.05) is 0 Å². The second kappa shape index (κ2) is 9.69. The van der Waals surface area contributed by atoms with Crippen molar-refractivity contribution >= 4 is 35.0 Å². The predicted octanol–water partition coefficient (Wildman–Crippen LogP) is 2.15. The van der Waals surface area contributed by atoms with Crippen LogP contribution in [0.1, 0.15) is 10.4 Å². The lowest BCUT2D eigenvalue weighted by Crippen LogP contribution is -2.37. The third-order valence-corrected chi connectivity index (χ3v) is 3.64. The number of benzene rings is 2. The number of carbonyl (C=O) groups excluding carboxylic acids is 3. The lowest BCUT2D eigenvalue weighted by Gasteiger charge is -2.10. The fourth-order valence-corrected chi connectivity index (χ4v) is 2.24. The van der Waals surface area contributed by atoms with Crippen LogP contribution in [0.25, 0.3) is 0 Å². The van der Waals surface area contributed by atoms with E-state index in [4.69, 9.17) is 9.47 Å². The van der Waals surface area contributed by atoms with E-state index >= 15 is 0 Å². The fraction of sp³-hybridized carbons (Fsp3) is 0.167. The minimum absolute atomic E-state index is 0.114. The summed E-state index contributed by atoms with van der Waals surface area (Å²) in [6.07, 6.45) is 0. The van der Waals surface area contributed by atoms with Gasteiger partial charge in [-0.2, -0.15) is 0 Å². The minimum Gasteiger partial charge on any atom is -0.497 e. The molecule has 0 unspecified atom stereocenters. The van der Waals surface area contributed by atoms with Crippen LogP contribution in [-0.4, -0.2) is 43.6 Å². The molecule has 2 aromatic carbocycles.